The molecular formula is C12H21ClN4O2S. The fraction of sp³-hybridized carbons (Fsp3) is 0.750. The average molecular weight is 321 g/mol. The van der Waals surface area contributed by atoms with E-state index in [9.17, 15) is 8.42 Å². The summed E-state index contributed by atoms with van der Waals surface area (Å²) in [5.41, 5.74) is 5.79. The molecule has 1 aliphatic carbocycles. The second-order valence-electron chi connectivity index (χ2n) is 5.29. The van der Waals surface area contributed by atoms with Gasteiger partial charge in [0.05, 0.1) is 11.2 Å². The van der Waals surface area contributed by atoms with E-state index in [1.165, 1.54) is 15.2 Å². The fourth-order valence-electron chi connectivity index (χ4n) is 2.95. The molecule has 1 aromatic rings. The lowest BCUT2D eigenvalue weighted by Gasteiger charge is -2.36. The number of aromatic nitrogens is 2. The van der Waals surface area contributed by atoms with Crippen LogP contribution in [0.25, 0.3) is 0 Å². The van der Waals surface area contributed by atoms with Crippen LogP contribution in [0.3, 0.4) is 0 Å². The number of nitrogens with zero attached hydrogens (tertiary/aromatic N) is 3. The average Bonchev–Trinajstić information content (AvgIpc) is 2.77. The van der Waals surface area contributed by atoms with E-state index in [2.05, 4.69) is 5.10 Å². The molecule has 2 unspecified atom stereocenters. The first-order chi connectivity index (χ1) is 9.39. The summed E-state index contributed by atoms with van der Waals surface area (Å²) in [7, 11) is -0.468. The van der Waals surface area contributed by atoms with E-state index in [0.717, 1.165) is 25.7 Å². The van der Waals surface area contributed by atoms with Gasteiger partial charge in [0.2, 0.25) is 0 Å². The molecule has 8 heteroatoms. The van der Waals surface area contributed by atoms with Crippen molar-refractivity contribution in [3.05, 3.63) is 11.2 Å². The summed E-state index contributed by atoms with van der Waals surface area (Å²) in [4.78, 5) is 0. The quantitative estimate of drug-likeness (QED) is 0.904. The van der Waals surface area contributed by atoms with Crippen molar-refractivity contribution >= 4 is 21.6 Å². The standard InChI is InChI=1S/C12H21ClN4O2S/c1-16-12(10(13)8-15-16)20(18,19)17(2)11-6-4-3-5-9(11)7-14/h8-9,11H,3-7,14H2,1-2H3. The molecule has 0 bridgehead atoms. The Labute approximate surface area is 124 Å². The van der Waals surface area contributed by atoms with E-state index in [-0.39, 0.29) is 22.0 Å². The van der Waals surface area contributed by atoms with Gasteiger partial charge < -0.3 is 5.73 Å². The lowest BCUT2D eigenvalue weighted by atomic mass is 9.85. The molecule has 1 aliphatic rings. The number of aryl methyl sites for hydroxylation is 1. The minimum atomic E-state index is -3.65. The zero-order valence-corrected chi connectivity index (χ0v) is 13.4. The van der Waals surface area contributed by atoms with E-state index < -0.39 is 10.0 Å². The molecule has 20 heavy (non-hydrogen) atoms. The highest BCUT2D eigenvalue weighted by molar-refractivity contribution is 7.89. The number of hydrogen-bond acceptors (Lipinski definition) is 4. The third-order valence-corrected chi connectivity index (χ3v) is 6.50. The van der Waals surface area contributed by atoms with Crippen molar-refractivity contribution in [3.63, 3.8) is 0 Å². The first-order valence-corrected chi connectivity index (χ1v) is 8.57. The zero-order valence-electron chi connectivity index (χ0n) is 11.8. The minimum absolute atomic E-state index is 0.0445. The number of hydrogen-bond donors (Lipinski definition) is 1. The maximum atomic E-state index is 12.7. The van der Waals surface area contributed by atoms with E-state index in [4.69, 9.17) is 17.3 Å². The van der Waals surface area contributed by atoms with Crippen LogP contribution in [0.2, 0.25) is 5.02 Å². The highest BCUT2D eigenvalue weighted by Crippen LogP contribution is 2.32. The van der Waals surface area contributed by atoms with Gasteiger partial charge in [-0.05, 0) is 25.3 Å². The van der Waals surface area contributed by atoms with Gasteiger partial charge in [0.15, 0.2) is 5.03 Å². The van der Waals surface area contributed by atoms with Crippen LogP contribution in [0.1, 0.15) is 25.7 Å². The van der Waals surface area contributed by atoms with Crippen molar-refractivity contribution < 1.29 is 8.42 Å². The summed E-state index contributed by atoms with van der Waals surface area (Å²) >= 11 is 5.97. The van der Waals surface area contributed by atoms with Gasteiger partial charge in [-0.3, -0.25) is 4.68 Å². The van der Waals surface area contributed by atoms with Crippen LogP contribution >= 0.6 is 11.6 Å². The van der Waals surface area contributed by atoms with Crippen molar-refractivity contribution in [3.8, 4) is 0 Å². The lowest BCUT2D eigenvalue weighted by molar-refractivity contribution is 0.203. The Balaban J connectivity index is 2.34. The van der Waals surface area contributed by atoms with E-state index in [1.54, 1.807) is 14.1 Å². The van der Waals surface area contributed by atoms with Crippen LogP contribution in [0.5, 0.6) is 0 Å². The first-order valence-electron chi connectivity index (χ1n) is 6.75. The molecule has 1 saturated carbocycles. The Morgan fingerprint density at radius 2 is 2.15 bits per heavy atom. The van der Waals surface area contributed by atoms with Gasteiger partial charge in [0.1, 0.15) is 0 Å². The molecule has 1 aromatic heterocycles. The van der Waals surface area contributed by atoms with Crippen molar-refractivity contribution in [1.82, 2.24) is 14.1 Å². The number of nitrogens with two attached hydrogens (primary N) is 1. The van der Waals surface area contributed by atoms with Crippen molar-refractivity contribution in [2.45, 2.75) is 36.8 Å². The highest BCUT2D eigenvalue weighted by atomic mass is 35.5. The molecule has 114 valence electrons. The molecule has 0 saturated heterocycles. The van der Waals surface area contributed by atoms with Crippen LogP contribution in [0.15, 0.2) is 11.2 Å². The van der Waals surface area contributed by atoms with Crippen molar-refractivity contribution in [2.24, 2.45) is 18.7 Å². The SMILES string of the molecule is CN(C1CCCCC1CN)S(=O)(=O)c1c(Cl)cnn1C. The topological polar surface area (TPSA) is 81.2 Å². The number of rotatable bonds is 4. The molecule has 2 atom stereocenters. The monoisotopic (exact) mass is 320 g/mol. The van der Waals surface area contributed by atoms with Crippen LogP contribution < -0.4 is 5.73 Å². The Bertz CT molecular complexity index is 553. The second kappa shape index (κ2) is 6.01. The smallest absolute Gasteiger partial charge is 0.261 e. The first kappa shape index (κ1) is 15.8. The van der Waals surface area contributed by atoms with Crippen LogP contribution in [0, 0.1) is 5.92 Å². The van der Waals surface area contributed by atoms with Gasteiger partial charge in [-0.15, -0.1) is 0 Å². The predicted octanol–water partition coefficient (Wildman–Crippen LogP) is 1.21. The van der Waals surface area contributed by atoms with E-state index in [1.807, 2.05) is 0 Å². The molecule has 0 spiro atoms. The normalized spacial score (nSPS) is 24.2. The maximum Gasteiger partial charge on any atom is 0.261 e. The maximum absolute atomic E-state index is 12.7. The third kappa shape index (κ3) is 2.72. The fourth-order valence-corrected chi connectivity index (χ4v) is 4.99. The Morgan fingerprint density at radius 3 is 2.70 bits per heavy atom. The molecule has 0 amide bonds. The van der Waals surface area contributed by atoms with Gasteiger partial charge in [-0.25, -0.2) is 8.42 Å². The lowest BCUT2D eigenvalue weighted by Crippen LogP contribution is -2.46. The van der Waals surface area contributed by atoms with Gasteiger partial charge in [0, 0.05) is 20.1 Å². The van der Waals surface area contributed by atoms with E-state index >= 15 is 0 Å². The molecule has 1 heterocycles. The van der Waals surface area contributed by atoms with E-state index in [0.29, 0.717) is 6.54 Å². The molecule has 6 nitrogen and oxygen atoms in total. The largest absolute Gasteiger partial charge is 0.330 e. The Hall–Kier alpha value is -0.630. The molecule has 0 radical (unpaired) electrons. The van der Waals surface area contributed by atoms with Crippen LogP contribution in [-0.2, 0) is 17.1 Å². The summed E-state index contributed by atoms with van der Waals surface area (Å²) in [5, 5.41) is 4.10. The third-order valence-electron chi connectivity index (χ3n) is 4.10. The van der Waals surface area contributed by atoms with Gasteiger partial charge >= 0.3 is 0 Å². The molecule has 2 N–H and O–H groups in total. The molecule has 2 rings (SSSR count). The van der Waals surface area contributed by atoms with Gasteiger partial charge in [-0.2, -0.15) is 9.40 Å². The molecular weight excluding hydrogens is 300 g/mol. The Morgan fingerprint density at radius 1 is 1.50 bits per heavy atom. The summed E-state index contributed by atoms with van der Waals surface area (Å²) < 4.78 is 28.2. The molecule has 0 aliphatic heterocycles. The summed E-state index contributed by atoms with van der Waals surface area (Å²) in [5.74, 6) is 0.204. The molecule has 1 fully saturated rings. The Kier molecular flexibility index (Phi) is 4.73. The predicted molar refractivity (Wildman–Crippen MR) is 78.0 cm³/mol. The number of sulfonamides is 1. The number of halogens is 1. The minimum Gasteiger partial charge on any atom is -0.330 e. The van der Waals surface area contributed by atoms with Gasteiger partial charge in [-0.1, -0.05) is 24.4 Å². The van der Waals surface area contributed by atoms with Gasteiger partial charge in [0.25, 0.3) is 10.0 Å². The zero-order chi connectivity index (χ0) is 14.9. The highest BCUT2D eigenvalue weighted by Gasteiger charge is 2.36. The van der Waals surface area contributed by atoms with Crippen LogP contribution in [-0.4, -0.2) is 42.1 Å². The summed E-state index contributed by atoms with van der Waals surface area (Å²) in [6.07, 6.45) is 5.30. The molecule has 0 aromatic carbocycles. The summed E-state index contributed by atoms with van der Waals surface area (Å²) in [6.45, 7) is 0.504. The van der Waals surface area contributed by atoms with Crippen molar-refractivity contribution in [2.75, 3.05) is 13.6 Å². The second-order valence-corrected chi connectivity index (χ2v) is 7.61. The van der Waals surface area contributed by atoms with Crippen molar-refractivity contribution in [1.29, 1.82) is 0 Å². The van der Waals surface area contributed by atoms with Crippen LogP contribution in [0.4, 0.5) is 0 Å². The summed E-state index contributed by atoms with van der Waals surface area (Å²) in [6, 6.07) is -0.0651.